The Balaban J connectivity index is 2.08. The van der Waals surface area contributed by atoms with E-state index in [4.69, 9.17) is 5.73 Å². The van der Waals surface area contributed by atoms with Crippen LogP contribution >= 0.6 is 0 Å². The number of anilines is 1. The highest BCUT2D eigenvalue weighted by Crippen LogP contribution is 2.19. The minimum atomic E-state index is 0.323. The van der Waals surface area contributed by atoms with Gasteiger partial charge in [0.2, 0.25) is 5.95 Å². The van der Waals surface area contributed by atoms with Gasteiger partial charge >= 0.3 is 0 Å². The Morgan fingerprint density at radius 3 is 2.92 bits per heavy atom. The van der Waals surface area contributed by atoms with Gasteiger partial charge in [-0.25, -0.2) is 0 Å². The van der Waals surface area contributed by atoms with E-state index in [0.717, 1.165) is 18.8 Å². The Morgan fingerprint density at radius 1 is 1.42 bits per heavy atom. The quantitative estimate of drug-likeness (QED) is 0.558. The molecule has 2 rings (SSSR count). The van der Waals surface area contributed by atoms with Crippen LogP contribution in [0.2, 0.25) is 0 Å². The number of aromatic nitrogens is 3. The fourth-order valence-corrected chi connectivity index (χ4v) is 1.53. The Kier molecular flexibility index (Phi) is 1.95. The second-order valence-corrected chi connectivity index (χ2v) is 3.08. The predicted octanol–water partition coefficient (Wildman–Crippen LogP) is 0.201. The molecule has 4 N–H and O–H groups in total. The summed E-state index contributed by atoms with van der Waals surface area (Å²) in [7, 11) is 0. The van der Waals surface area contributed by atoms with Gasteiger partial charge in [-0.15, -0.1) is 5.10 Å². The lowest BCUT2D eigenvalue weighted by Crippen LogP contribution is -2.27. The van der Waals surface area contributed by atoms with Gasteiger partial charge in [0, 0.05) is 0 Å². The van der Waals surface area contributed by atoms with Crippen molar-refractivity contribution in [2.45, 2.75) is 25.3 Å². The van der Waals surface area contributed by atoms with Crippen molar-refractivity contribution in [1.82, 2.24) is 20.5 Å². The second-order valence-electron chi connectivity index (χ2n) is 3.08. The maximum absolute atomic E-state index is 5.40. The van der Waals surface area contributed by atoms with Gasteiger partial charge in [-0.3, -0.25) is 5.10 Å². The minimum Gasteiger partial charge on any atom is -0.367 e. The molecule has 1 fully saturated rings. The monoisotopic (exact) mass is 167 g/mol. The zero-order valence-electron chi connectivity index (χ0n) is 6.88. The van der Waals surface area contributed by atoms with Gasteiger partial charge in [0.15, 0.2) is 0 Å². The van der Waals surface area contributed by atoms with Crippen molar-refractivity contribution < 1.29 is 0 Å². The van der Waals surface area contributed by atoms with Crippen molar-refractivity contribution >= 4 is 5.95 Å². The molecular formula is C7H13N5. The van der Waals surface area contributed by atoms with E-state index in [2.05, 4.69) is 20.5 Å². The zero-order valence-corrected chi connectivity index (χ0v) is 6.88. The van der Waals surface area contributed by atoms with Gasteiger partial charge in [-0.1, -0.05) is 6.42 Å². The van der Waals surface area contributed by atoms with Crippen molar-refractivity contribution in [2.24, 2.45) is 0 Å². The first-order valence-electron chi connectivity index (χ1n) is 4.27. The summed E-state index contributed by atoms with van der Waals surface area (Å²) in [4.78, 5) is 4.08. The average molecular weight is 167 g/mol. The molecule has 66 valence electrons. The van der Waals surface area contributed by atoms with Gasteiger partial charge in [-0.2, -0.15) is 4.98 Å². The highest BCUT2D eigenvalue weighted by Gasteiger charge is 2.17. The molecule has 0 bridgehead atoms. The molecule has 1 aliphatic rings. The van der Waals surface area contributed by atoms with E-state index in [9.17, 15) is 0 Å². The summed E-state index contributed by atoms with van der Waals surface area (Å²) in [5.74, 6) is 1.20. The summed E-state index contributed by atoms with van der Waals surface area (Å²) in [6.45, 7) is 1.06. The molecule has 0 amide bonds. The first-order valence-corrected chi connectivity index (χ1v) is 4.27. The third-order valence-corrected chi connectivity index (χ3v) is 2.16. The molecule has 1 saturated heterocycles. The van der Waals surface area contributed by atoms with Gasteiger partial charge in [0.1, 0.15) is 5.82 Å². The van der Waals surface area contributed by atoms with Crippen LogP contribution in [-0.4, -0.2) is 21.7 Å². The number of aromatic amines is 1. The molecule has 1 aromatic rings. The number of nitrogens with zero attached hydrogens (tertiary/aromatic N) is 2. The van der Waals surface area contributed by atoms with E-state index in [1.165, 1.54) is 12.8 Å². The number of hydrogen-bond donors (Lipinski definition) is 3. The van der Waals surface area contributed by atoms with E-state index in [0.29, 0.717) is 12.0 Å². The number of piperidine rings is 1. The first-order chi connectivity index (χ1) is 5.86. The maximum Gasteiger partial charge on any atom is 0.239 e. The normalized spacial score (nSPS) is 24.2. The van der Waals surface area contributed by atoms with Crippen LogP contribution in [0, 0.1) is 0 Å². The molecule has 12 heavy (non-hydrogen) atoms. The number of nitrogen functional groups attached to an aromatic ring is 1. The fraction of sp³-hybridized carbons (Fsp3) is 0.714. The van der Waals surface area contributed by atoms with Crippen molar-refractivity contribution in [2.75, 3.05) is 12.3 Å². The van der Waals surface area contributed by atoms with Crippen LogP contribution < -0.4 is 11.1 Å². The SMILES string of the molecule is Nc1n[nH]c([C@@H]2CCCCN2)n1. The van der Waals surface area contributed by atoms with E-state index >= 15 is 0 Å². The number of hydrogen-bond acceptors (Lipinski definition) is 4. The molecule has 5 nitrogen and oxygen atoms in total. The Morgan fingerprint density at radius 2 is 2.33 bits per heavy atom. The minimum absolute atomic E-state index is 0.323. The molecule has 0 aliphatic carbocycles. The van der Waals surface area contributed by atoms with Crippen LogP contribution in [0.4, 0.5) is 5.95 Å². The van der Waals surface area contributed by atoms with Crippen molar-refractivity contribution in [3.63, 3.8) is 0 Å². The third kappa shape index (κ3) is 1.40. The molecule has 2 heterocycles. The average Bonchev–Trinajstić information content (AvgIpc) is 2.54. The van der Waals surface area contributed by atoms with Crippen LogP contribution in [0.15, 0.2) is 0 Å². The molecule has 1 aliphatic heterocycles. The predicted molar refractivity (Wildman–Crippen MR) is 45.4 cm³/mol. The zero-order chi connectivity index (χ0) is 8.39. The Bertz CT molecular complexity index is 250. The Labute approximate surface area is 70.8 Å². The van der Waals surface area contributed by atoms with E-state index in [1.54, 1.807) is 0 Å². The summed E-state index contributed by atoms with van der Waals surface area (Å²) in [6.07, 6.45) is 3.62. The molecular weight excluding hydrogens is 154 g/mol. The van der Waals surface area contributed by atoms with Crippen molar-refractivity contribution in [3.8, 4) is 0 Å². The third-order valence-electron chi connectivity index (χ3n) is 2.16. The standard InChI is InChI=1S/C7H13N5/c8-7-10-6(11-12-7)5-3-1-2-4-9-5/h5,9H,1-4H2,(H3,8,10,11,12)/t5-/m0/s1. The number of nitrogens with one attached hydrogen (secondary N) is 2. The number of nitrogens with two attached hydrogens (primary N) is 1. The molecule has 0 unspecified atom stereocenters. The molecule has 1 aromatic heterocycles. The van der Waals surface area contributed by atoms with E-state index in [1.807, 2.05) is 0 Å². The van der Waals surface area contributed by atoms with Crippen molar-refractivity contribution in [1.29, 1.82) is 0 Å². The summed E-state index contributed by atoms with van der Waals surface area (Å²) < 4.78 is 0. The summed E-state index contributed by atoms with van der Waals surface area (Å²) >= 11 is 0. The van der Waals surface area contributed by atoms with Crippen LogP contribution in [0.3, 0.4) is 0 Å². The van der Waals surface area contributed by atoms with Crippen molar-refractivity contribution in [3.05, 3.63) is 5.82 Å². The molecule has 1 atom stereocenters. The van der Waals surface area contributed by atoms with E-state index < -0.39 is 0 Å². The lowest BCUT2D eigenvalue weighted by molar-refractivity contribution is 0.398. The topological polar surface area (TPSA) is 79.6 Å². The molecule has 5 heteroatoms. The summed E-state index contributed by atoms with van der Waals surface area (Å²) in [5.41, 5.74) is 5.40. The summed E-state index contributed by atoms with van der Waals surface area (Å²) in [6, 6.07) is 0.323. The highest BCUT2D eigenvalue weighted by molar-refractivity contribution is 5.14. The molecule has 0 saturated carbocycles. The first kappa shape index (κ1) is 7.54. The maximum atomic E-state index is 5.40. The van der Waals surface area contributed by atoms with Crippen LogP contribution in [-0.2, 0) is 0 Å². The van der Waals surface area contributed by atoms with Gasteiger partial charge in [-0.05, 0) is 19.4 Å². The lowest BCUT2D eigenvalue weighted by Gasteiger charge is -2.20. The van der Waals surface area contributed by atoms with E-state index in [-0.39, 0.29) is 0 Å². The number of rotatable bonds is 1. The molecule has 0 radical (unpaired) electrons. The van der Waals surface area contributed by atoms with Crippen LogP contribution in [0.25, 0.3) is 0 Å². The molecule has 0 aromatic carbocycles. The number of H-pyrrole nitrogens is 1. The smallest absolute Gasteiger partial charge is 0.239 e. The Hall–Kier alpha value is -1.10. The van der Waals surface area contributed by atoms with Crippen LogP contribution in [0.1, 0.15) is 31.1 Å². The summed E-state index contributed by atoms with van der Waals surface area (Å²) in [5, 5.41) is 9.98. The van der Waals surface area contributed by atoms with Gasteiger partial charge in [0.25, 0.3) is 0 Å². The largest absolute Gasteiger partial charge is 0.367 e. The van der Waals surface area contributed by atoms with Gasteiger partial charge in [0.05, 0.1) is 6.04 Å². The second kappa shape index (κ2) is 3.10. The van der Waals surface area contributed by atoms with Gasteiger partial charge < -0.3 is 11.1 Å². The lowest BCUT2D eigenvalue weighted by atomic mass is 10.0. The van der Waals surface area contributed by atoms with Crippen LogP contribution in [0.5, 0.6) is 0 Å². The molecule has 0 spiro atoms. The highest BCUT2D eigenvalue weighted by atomic mass is 15.3. The fourth-order valence-electron chi connectivity index (χ4n) is 1.53.